The van der Waals surface area contributed by atoms with Crippen molar-refractivity contribution in [2.45, 2.75) is 11.8 Å². The van der Waals surface area contributed by atoms with Crippen LogP contribution in [0.15, 0.2) is 60.7 Å². The topological polar surface area (TPSA) is 46.3 Å². The van der Waals surface area contributed by atoms with Gasteiger partial charge in [0.1, 0.15) is 0 Å². The average Bonchev–Trinajstić information content (AvgIpc) is 3.06. The molecule has 0 aliphatic carbocycles. The normalized spacial score (nSPS) is 21.0. The molecule has 2 aromatic rings. The standard InChI is InChI=1S/C19H20F2N2O/c20-19(21,16-9-5-2-6-10-16)18(24)23-12-15(11-22)17(13-23)14-7-3-1-4-8-14/h1-10,15,17H,11-13,22H2/t15-,17+/m1/s1. The molecule has 0 spiro atoms. The summed E-state index contributed by atoms with van der Waals surface area (Å²) >= 11 is 0. The number of alkyl halides is 2. The third-order valence-electron chi connectivity index (χ3n) is 4.66. The van der Waals surface area contributed by atoms with E-state index in [1.165, 1.54) is 29.2 Å². The van der Waals surface area contributed by atoms with E-state index in [2.05, 4.69) is 0 Å². The average molecular weight is 330 g/mol. The highest BCUT2D eigenvalue weighted by Crippen LogP contribution is 2.37. The van der Waals surface area contributed by atoms with Crippen molar-refractivity contribution >= 4 is 5.91 Å². The molecule has 1 amide bonds. The van der Waals surface area contributed by atoms with Crippen molar-refractivity contribution < 1.29 is 13.6 Å². The maximum absolute atomic E-state index is 14.5. The molecule has 1 saturated heterocycles. The first kappa shape index (κ1) is 16.6. The van der Waals surface area contributed by atoms with Gasteiger partial charge in [0, 0.05) is 24.6 Å². The third-order valence-corrected chi connectivity index (χ3v) is 4.66. The summed E-state index contributed by atoms with van der Waals surface area (Å²) in [7, 11) is 0. The van der Waals surface area contributed by atoms with Crippen molar-refractivity contribution in [3.05, 3.63) is 71.8 Å². The molecule has 1 fully saturated rings. The quantitative estimate of drug-likeness (QED) is 0.937. The molecule has 0 aromatic heterocycles. The summed E-state index contributed by atoms with van der Waals surface area (Å²) in [6, 6.07) is 16.9. The molecule has 5 heteroatoms. The zero-order valence-corrected chi connectivity index (χ0v) is 13.2. The number of benzene rings is 2. The summed E-state index contributed by atoms with van der Waals surface area (Å²) in [6.45, 7) is 0.894. The van der Waals surface area contributed by atoms with Gasteiger partial charge in [0.15, 0.2) is 0 Å². The van der Waals surface area contributed by atoms with Crippen LogP contribution in [0.3, 0.4) is 0 Å². The first-order chi connectivity index (χ1) is 11.5. The van der Waals surface area contributed by atoms with Gasteiger partial charge in [-0.1, -0.05) is 60.7 Å². The number of nitrogens with zero attached hydrogens (tertiary/aromatic N) is 1. The number of hydrogen-bond donors (Lipinski definition) is 1. The lowest BCUT2D eigenvalue weighted by Gasteiger charge is -2.23. The largest absolute Gasteiger partial charge is 0.349 e. The molecule has 1 aliphatic rings. The number of likely N-dealkylation sites (tertiary alicyclic amines) is 1. The van der Waals surface area contributed by atoms with Crippen molar-refractivity contribution in [1.82, 2.24) is 4.90 Å². The van der Waals surface area contributed by atoms with Crippen LogP contribution < -0.4 is 5.73 Å². The molecular formula is C19H20F2N2O. The lowest BCUT2D eigenvalue weighted by Crippen LogP contribution is -2.41. The van der Waals surface area contributed by atoms with Crippen LogP contribution in [0.4, 0.5) is 8.78 Å². The first-order valence-corrected chi connectivity index (χ1v) is 8.01. The Labute approximate surface area is 140 Å². The molecule has 2 atom stereocenters. The Morgan fingerprint density at radius 3 is 2.21 bits per heavy atom. The van der Waals surface area contributed by atoms with Crippen LogP contribution in [0, 0.1) is 5.92 Å². The van der Waals surface area contributed by atoms with Gasteiger partial charge in [0.25, 0.3) is 5.91 Å². The van der Waals surface area contributed by atoms with Crippen LogP contribution in [-0.2, 0) is 10.7 Å². The molecule has 1 heterocycles. The highest BCUT2D eigenvalue weighted by atomic mass is 19.3. The number of amides is 1. The second-order valence-electron chi connectivity index (χ2n) is 6.16. The Morgan fingerprint density at radius 2 is 1.62 bits per heavy atom. The van der Waals surface area contributed by atoms with Gasteiger partial charge in [-0.3, -0.25) is 4.79 Å². The van der Waals surface area contributed by atoms with Crippen molar-refractivity contribution in [1.29, 1.82) is 0 Å². The minimum atomic E-state index is -3.52. The van der Waals surface area contributed by atoms with E-state index in [0.29, 0.717) is 6.54 Å². The Kier molecular flexibility index (Phi) is 4.62. The zero-order valence-electron chi connectivity index (χ0n) is 13.2. The number of rotatable bonds is 4. The maximum Gasteiger partial charge on any atom is 0.349 e. The molecule has 1 aliphatic heterocycles. The third kappa shape index (κ3) is 3.04. The van der Waals surface area contributed by atoms with Gasteiger partial charge in [-0.05, 0) is 18.0 Å². The van der Waals surface area contributed by atoms with Gasteiger partial charge >= 0.3 is 5.92 Å². The maximum atomic E-state index is 14.5. The van der Waals surface area contributed by atoms with E-state index in [1.54, 1.807) is 6.07 Å². The number of hydrogen-bond acceptors (Lipinski definition) is 2. The fraction of sp³-hybridized carbons (Fsp3) is 0.316. The summed E-state index contributed by atoms with van der Waals surface area (Å²) in [5.41, 5.74) is 6.58. The molecule has 2 aromatic carbocycles. The summed E-state index contributed by atoms with van der Waals surface area (Å²) in [4.78, 5) is 13.7. The molecule has 126 valence electrons. The van der Waals surface area contributed by atoms with Crippen molar-refractivity contribution in [3.8, 4) is 0 Å². The van der Waals surface area contributed by atoms with Gasteiger partial charge in [-0.15, -0.1) is 0 Å². The van der Waals surface area contributed by atoms with E-state index in [9.17, 15) is 13.6 Å². The van der Waals surface area contributed by atoms with Crippen LogP contribution in [0.1, 0.15) is 17.0 Å². The number of nitrogens with two attached hydrogens (primary N) is 1. The van der Waals surface area contributed by atoms with Gasteiger partial charge in [0.05, 0.1) is 0 Å². The lowest BCUT2D eigenvalue weighted by atomic mass is 9.89. The van der Waals surface area contributed by atoms with Crippen molar-refractivity contribution in [2.75, 3.05) is 19.6 Å². The molecular weight excluding hydrogens is 310 g/mol. The van der Waals surface area contributed by atoms with Crippen LogP contribution in [0.5, 0.6) is 0 Å². The smallest absolute Gasteiger partial charge is 0.336 e. The van der Waals surface area contributed by atoms with Crippen LogP contribution >= 0.6 is 0 Å². The van der Waals surface area contributed by atoms with Crippen LogP contribution in [0.25, 0.3) is 0 Å². The van der Waals surface area contributed by atoms with Gasteiger partial charge < -0.3 is 10.6 Å². The number of carbonyl (C=O) groups excluding carboxylic acids is 1. The fourth-order valence-electron chi connectivity index (χ4n) is 3.32. The lowest BCUT2D eigenvalue weighted by molar-refractivity contribution is -0.158. The second kappa shape index (κ2) is 6.69. The second-order valence-corrected chi connectivity index (χ2v) is 6.16. The van der Waals surface area contributed by atoms with Gasteiger partial charge in [0.2, 0.25) is 0 Å². The molecule has 0 radical (unpaired) electrons. The molecule has 2 N–H and O–H groups in total. The molecule has 24 heavy (non-hydrogen) atoms. The minimum Gasteiger partial charge on any atom is -0.336 e. The SMILES string of the molecule is NC[C@@H]1CN(C(=O)C(F)(F)c2ccccc2)C[C@H]1c1ccccc1. The van der Waals surface area contributed by atoms with E-state index in [1.807, 2.05) is 30.3 Å². The predicted molar refractivity (Wildman–Crippen MR) is 88.6 cm³/mol. The van der Waals surface area contributed by atoms with E-state index >= 15 is 0 Å². The molecule has 3 rings (SSSR count). The van der Waals surface area contributed by atoms with Gasteiger partial charge in [-0.2, -0.15) is 8.78 Å². The zero-order chi connectivity index (χ0) is 17.2. The number of carbonyl (C=O) groups is 1. The summed E-state index contributed by atoms with van der Waals surface area (Å²) in [5.74, 6) is -4.69. The van der Waals surface area contributed by atoms with E-state index in [0.717, 1.165) is 5.56 Å². The summed E-state index contributed by atoms with van der Waals surface area (Å²) < 4.78 is 29.1. The van der Waals surface area contributed by atoms with E-state index < -0.39 is 11.8 Å². The Bertz CT molecular complexity index is 691. The molecule has 0 unspecified atom stereocenters. The van der Waals surface area contributed by atoms with Crippen molar-refractivity contribution in [2.24, 2.45) is 11.7 Å². The first-order valence-electron chi connectivity index (χ1n) is 8.01. The van der Waals surface area contributed by atoms with E-state index in [4.69, 9.17) is 5.73 Å². The van der Waals surface area contributed by atoms with E-state index in [-0.39, 0.29) is 30.5 Å². The summed E-state index contributed by atoms with van der Waals surface area (Å²) in [6.07, 6.45) is 0. The molecule has 0 saturated carbocycles. The number of halogens is 2. The van der Waals surface area contributed by atoms with Crippen LogP contribution in [0.2, 0.25) is 0 Å². The van der Waals surface area contributed by atoms with Crippen LogP contribution in [-0.4, -0.2) is 30.4 Å². The molecule has 0 bridgehead atoms. The van der Waals surface area contributed by atoms with Crippen molar-refractivity contribution in [3.63, 3.8) is 0 Å². The highest BCUT2D eigenvalue weighted by molar-refractivity contribution is 5.85. The Balaban J connectivity index is 1.82. The molecule has 3 nitrogen and oxygen atoms in total. The predicted octanol–water partition coefficient (Wildman–Crippen LogP) is 2.98. The highest BCUT2D eigenvalue weighted by Gasteiger charge is 2.47. The monoisotopic (exact) mass is 330 g/mol. The Morgan fingerprint density at radius 1 is 1.04 bits per heavy atom. The van der Waals surface area contributed by atoms with Gasteiger partial charge in [-0.25, -0.2) is 0 Å². The minimum absolute atomic E-state index is 0.00766. The summed E-state index contributed by atoms with van der Waals surface area (Å²) in [5, 5.41) is 0. The fourth-order valence-corrected chi connectivity index (χ4v) is 3.32. The Hall–Kier alpha value is -2.27.